The molecule has 104 valence electrons. The molecule has 1 aromatic rings. The molecule has 0 radical (unpaired) electrons. The van der Waals surface area contributed by atoms with Gasteiger partial charge in [0.15, 0.2) is 11.5 Å². The molecule has 0 aliphatic rings. The van der Waals surface area contributed by atoms with E-state index >= 15 is 0 Å². The third-order valence-corrected chi connectivity index (χ3v) is 2.39. The summed E-state index contributed by atoms with van der Waals surface area (Å²) < 4.78 is 43.5. The Labute approximate surface area is 110 Å². The number of benzene rings is 1. The largest absolute Gasteiger partial charge is 0.493 e. The standard InChI is InChI=1S/C11H12O7S/c1-16-10-7-8(4-6-11(12)17-2)3-5-9(10)18-19(13,14)15/h3-7H,1-2H3,(H,13,14,15)/b6-4+. The molecule has 1 N–H and O–H groups in total. The highest BCUT2D eigenvalue weighted by Crippen LogP contribution is 2.29. The predicted molar refractivity (Wildman–Crippen MR) is 66.2 cm³/mol. The van der Waals surface area contributed by atoms with Crippen LogP contribution in [0.2, 0.25) is 0 Å². The molecule has 0 bridgehead atoms. The Morgan fingerprint density at radius 1 is 1.26 bits per heavy atom. The minimum atomic E-state index is -4.62. The van der Waals surface area contributed by atoms with Crippen LogP contribution in [-0.4, -0.2) is 33.2 Å². The Kier molecular flexibility index (Phi) is 4.90. The third-order valence-electron chi connectivity index (χ3n) is 2.00. The number of rotatable bonds is 5. The summed E-state index contributed by atoms with van der Waals surface area (Å²) in [4.78, 5) is 10.9. The van der Waals surface area contributed by atoms with Gasteiger partial charge in [-0.2, -0.15) is 8.42 Å². The van der Waals surface area contributed by atoms with Crippen molar-refractivity contribution < 1.29 is 31.4 Å². The lowest BCUT2D eigenvalue weighted by molar-refractivity contribution is -0.134. The van der Waals surface area contributed by atoms with E-state index in [0.29, 0.717) is 5.56 Å². The molecule has 19 heavy (non-hydrogen) atoms. The van der Waals surface area contributed by atoms with Gasteiger partial charge in [0.25, 0.3) is 0 Å². The van der Waals surface area contributed by atoms with Crippen molar-refractivity contribution in [3.05, 3.63) is 29.8 Å². The van der Waals surface area contributed by atoms with E-state index in [1.165, 1.54) is 44.6 Å². The molecule has 0 atom stereocenters. The fourth-order valence-corrected chi connectivity index (χ4v) is 1.57. The van der Waals surface area contributed by atoms with Crippen LogP contribution in [0.25, 0.3) is 6.08 Å². The van der Waals surface area contributed by atoms with Crippen molar-refractivity contribution in [2.24, 2.45) is 0 Å². The Morgan fingerprint density at radius 3 is 2.47 bits per heavy atom. The predicted octanol–water partition coefficient (Wildman–Crippen LogP) is 1.06. The Hall–Kier alpha value is -2.06. The Bertz CT molecular complexity index is 589. The van der Waals surface area contributed by atoms with Crippen LogP contribution < -0.4 is 8.92 Å². The number of carbonyl (C=O) groups is 1. The van der Waals surface area contributed by atoms with Crippen LogP contribution in [0.4, 0.5) is 0 Å². The number of methoxy groups -OCH3 is 2. The minimum Gasteiger partial charge on any atom is -0.493 e. The Morgan fingerprint density at radius 2 is 1.95 bits per heavy atom. The lowest BCUT2D eigenvalue weighted by Crippen LogP contribution is -2.07. The second kappa shape index (κ2) is 6.21. The van der Waals surface area contributed by atoms with Crippen LogP contribution in [0.1, 0.15) is 5.56 Å². The van der Waals surface area contributed by atoms with Gasteiger partial charge in [0.1, 0.15) is 0 Å². The molecule has 0 aliphatic carbocycles. The van der Waals surface area contributed by atoms with E-state index < -0.39 is 16.4 Å². The van der Waals surface area contributed by atoms with Crippen LogP contribution in [-0.2, 0) is 19.9 Å². The average Bonchev–Trinajstić information content (AvgIpc) is 2.35. The molecule has 0 spiro atoms. The monoisotopic (exact) mass is 288 g/mol. The van der Waals surface area contributed by atoms with Gasteiger partial charge in [-0.25, -0.2) is 4.79 Å². The van der Waals surface area contributed by atoms with Crippen LogP contribution >= 0.6 is 0 Å². The van der Waals surface area contributed by atoms with Gasteiger partial charge >= 0.3 is 16.4 Å². The molecular weight excluding hydrogens is 276 g/mol. The van der Waals surface area contributed by atoms with Gasteiger partial charge in [-0.1, -0.05) is 6.07 Å². The van der Waals surface area contributed by atoms with Gasteiger partial charge in [-0.15, -0.1) is 0 Å². The quantitative estimate of drug-likeness (QED) is 0.491. The normalized spacial score (nSPS) is 11.3. The zero-order valence-electron chi connectivity index (χ0n) is 10.2. The average molecular weight is 288 g/mol. The van der Waals surface area contributed by atoms with Gasteiger partial charge in [-0.05, 0) is 23.8 Å². The van der Waals surface area contributed by atoms with Gasteiger partial charge < -0.3 is 13.7 Å². The number of ether oxygens (including phenoxy) is 2. The first-order valence-electron chi connectivity index (χ1n) is 4.96. The maximum absolute atomic E-state index is 10.9. The second-order valence-electron chi connectivity index (χ2n) is 3.28. The van der Waals surface area contributed by atoms with Crippen molar-refractivity contribution in [3.63, 3.8) is 0 Å². The molecule has 7 nitrogen and oxygen atoms in total. The summed E-state index contributed by atoms with van der Waals surface area (Å²) in [5, 5.41) is 0. The zero-order valence-corrected chi connectivity index (χ0v) is 11.0. The van der Waals surface area contributed by atoms with Gasteiger partial charge in [-0.3, -0.25) is 4.55 Å². The summed E-state index contributed by atoms with van der Waals surface area (Å²) in [6, 6.07) is 4.19. The molecule has 8 heteroatoms. The van der Waals surface area contributed by atoms with Crippen LogP contribution in [0, 0.1) is 0 Å². The first-order valence-corrected chi connectivity index (χ1v) is 6.33. The highest BCUT2D eigenvalue weighted by molar-refractivity contribution is 7.81. The SMILES string of the molecule is COC(=O)/C=C/c1ccc(OS(=O)(=O)O)c(OC)c1. The van der Waals surface area contributed by atoms with Crippen molar-refractivity contribution in [1.82, 2.24) is 0 Å². The Balaban J connectivity index is 3.02. The molecule has 0 saturated carbocycles. The molecule has 0 saturated heterocycles. The van der Waals surface area contributed by atoms with E-state index in [0.717, 1.165) is 0 Å². The van der Waals surface area contributed by atoms with Crippen molar-refractivity contribution in [2.75, 3.05) is 14.2 Å². The fourth-order valence-electron chi connectivity index (χ4n) is 1.20. The van der Waals surface area contributed by atoms with Gasteiger partial charge in [0.05, 0.1) is 14.2 Å². The maximum atomic E-state index is 10.9. The summed E-state index contributed by atoms with van der Waals surface area (Å²) in [7, 11) is -2.07. The van der Waals surface area contributed by atoms with E-state index in [1.54, 1.807) is 0 Å². The number of hydrogen-bond donors (Lipinski definition) is 1. The first-order chi connectivity index (χ1) is 8.85. The molecule has 0 heterocycles. The van der Waals surface area contributed by atoms with Crippen molar-refractivity contribution in [2.45, 2.75) is 0 Å². The molecular formula is C11H12O7S. The number of esters is 1. The number of carbonyl (C=O) groups excluding carboxylic acids is 1. The van der Waals surface area contributed by atoms with E-state index in [2.05, 4.69) is 8.92 Å². The lowest BCUT2D eigenvalue weighted by Gasteiger charge is -2.08. The van der Waals surface area contributed by atoms with Crippen molar-refractivity contribution in [3.8, 4) is 11.5 Å². The topological polar surface area (TPSA) is 99.1 Å². The van der Waals surface area contributed by atoms with Gasteiger partial charge in [0, 0.05) is 6.08 Å². The molecule has 0 amide bonds. The molecule has 0 unspecified atom stereocenters. The minimum absolute atomic E-state index is 0.0876. The van der Waals surface area contributed by atoms with Crippen LogP contribution in [0.15, 0.2) is 24.3 Å². The summed E-state index contributed by atoms with van der Waals surface area (Å²) >= 11 is 0. The van der Waals surface area contributed by atoms with Crippen molar-refractivity contribution in [1.29, 1.82) is 0 Å². The van der Waals surface area contributed by atoms with E-state index in [9.17, 15) is 13.2 Å². The maximum Gasteiger partial charge on any atom is 0.446 e. The fraction of sp³-hybridized carbons (Fsp3) is 0.182. The summed E-state index contributed by atoms with van der Waals surface area (Å²) in [6.07, 6.45) is 2.64. The second-order valence-corrected chi connectivity index (χ2v) is 4.30. The smallest absolute Gasteiger partial charge is 0.446 e. The van der Waals surface area contributed by atoms with E-state index in [-0.39, 0.29) is 11.5 Å². The summed E-state index contributed by atoms with van der Waals surface area (Å²) in [5.74, 6) is -0.609. The van der Waals surface area contributed by atoms with Gasteiger partial charge in [0.2, 0.25) is 0 Å². The first kappa shape index (κ1) is 15.0. The van der Waals surface area contributed by atoms with E-state index in [1.807, 2.05) is 0 Å². The highest BCUT2D eigenvalue weighted by atomic mass is 32.3. The molecule has 0 aromatic heterocycles. The highest BCUT2D eigenvalue weighted by Gasteiger charge is 2.12. The molecule has 0 aliphatic heterocycles. The molecule has 0 fully saturated rings. The van der Waals surface area contributed by atoms with Crippen LogP contribution in [0.3, 0.4) is 0 Å². The van der Waals surface area contributed by atoms with E-state index in [4.69, 9.17) is 9.29 Å². The van der Waals surface area contributed by atoms with Crippen LogP contribution in [0.5, 0.6) is 11.5 Å². The summed E-state index contributed by atoms with van der Waals surface area (Å²) in [6.45, 7) is 0. The number of hydrogen-bond acceptors (Lipinski definition) is 6. The zero-order chi connectivity index (χ0) is 14.5. The van der Waals surface area contributed by atoms with Crippen molar-refractivity contribution >= 4 is 22.4 Å². The third kappa shape index (κ3) is 4.98. The summed E-state index contributed by atoms with van der Waals surface area (Å²) in [5.41, 5.74) is 0.560. The molecule has 1 rings (SSSR count). The lowest BCUT2D eigenvalue weighted by atomic mass is 10.2. The molecule has 1 aromatic carbocycles.